The maximum atomic E-state index is 14.3. The normalized spacial score (nSPS) is 33.0. The molecule has 0 radical (unpaired) electrons. The van der Waals surface area contributed by atoms with E-state index >= 15 is 0 Å². The molecule has 4 saturated carbocycles. The Labute approximate surface area is 367 Å². The summed E-state index contributed by atoms with van der Waals surface area (Å²) in [6.07, 6.45) is 13.1. The molecule has 4 fully saturated rings. The van der Waals surface area contributed by atoms with Crippen molar-refractivity contribution in [2.24, 2.45) is 50.7 Å². The predicted molar refractivity (Wildman–Crippen MR) is 240 cm³/mol. The van der Waals surface area contributed by atoms with E-state index in [1.165, 1.54) is 5.57 Å². The number of fused-ring (bicyclic) bond motifs is 4. The second kappa shape index (κ2) is 16.3. The topological polar surface area (TPSA) is 98.8 Å². The van der Waals surface area contributed by atoms with Crippen molar-refractivity contribution < 1.29 is 28.7 Å². The lowest BCUT2D eigenvalue weighted by atomic mass is 9.48. The van der Waals surface area contributed by atoms with Gasteiger partial charge in [0.05, 0.1) is 17.4 Å². The predicted octanol–water partition coefficient (Wildman–Crippen LogP) is 12.4. The molecule has 1 aromatic carbocycles. The minimum absolute atomic E-state index is 0.00802. The van der Waals surface area contributed by atoms with Gasteiger partial charge in [0.2, 0.25) is 5.91 Å². The molecule has 332 valence electrons. The number of carbonyl (C=O) groups excluding carboxylic acids is 4. The third kappa shape index (κ3) is 8.96. The summed E-state index contributed by atoms with van der Waals surface area (Å²) in [5, 5.41) is 4.08. The van der Waals surface area contributed by atoms with E-state index in [-0.39, 0.29) is 69.8 Å². The van der Waals surface area contributed by atoms with Crippen LogP contribution in [0.1, 0.15) is 179 Å². The van der Waals surface area contributed by atoms with Crippen molar-refractivity contribution in [2.75, 3.05) is 0 Å². The Kier molecular flexibility index (Phi) is 12.7. The SMILES string of the molecule is CC(=CC12CCC3(C)C(C)CCC4C(C)(CCCC3C1=C(C(C)C)C(=O)C2)CCC(OC(=O)CC(C)(C)C(=O)OC(C)(C)C)C4(C)C)C(=O)NC1(c2ccc(Cl)cc2)CC1. The number of Topliss-reactive ketones (excluding diaryl/α,β-unsaturated/α-hetero) is 1. The first-order chi connectivity index (χ1) is 27.7. The van der Waals surface area contributed by atoms with Crippen molar-refractivity contribution in [1.29, 1.82) is 0 Å². The number of allylic oxidation sites excluding steroid dienone is 3. The Morgan fingerprint density at radius 3 is 2.15 bits per heavy atom. The quantitative estimate of drug-likeness (QED) is 0.196. The summed E-state index contributed by atoms with van der Waals surface area (Å²) in [5.74, 6) is 0.596. The van der Waals surface area contributed by atoms with Crippen LogP contribution >= 0.6 is 11.6 Å². The Morgan fingerprint density at radius 1 is 0.900 bits per heavy atom. The number of esters is 2. The van der Waals surface area contributed by atoms with Crippen molar-refractivity contribution in [1.82, 2.24) is 5.32 Å². The molecular formula is C52H76ClNO6. The number of hydrogen-bond donors (Lipinski definition) is 1. The smallest absolute Gasteiger partial charge is 0.312 e. The van der Waals surface area contributed by atoms with Crippen molar-refractivity contribution in [3.8, 4) is 0 Å². The highest BCUT2D eigenvalue weighted by atomic mass is 35.5. The van der Waals surface area contributed by atoms with Crippen LogP contribution in [0.15, 0.2) is 47.1 Å². The number of nitrogens with one attached hydrogen (secondary N) is 1. The molecule has 0 bridgehead atoms. The molecule has 5 aliphatic rings. The van der Waals surface area contributed by atoms with Gasteiger partial charge in [-0.2, -0.15) is 0 Å². The monoisotopic (exact) mass is 846 g/mol. The standard InChI is InChI=1S/C52H76ClNO6/c1-32(2)42-38(55)30-51(29-33(3)44(57)54-52(27-28-52)35-17-19-36(53)20-18-35)26-25-50(13)34(4)16-21-39-48(10,11)40(22-24-49(39,12)23-14-15-37(50)43(42)51)59-41(56)31-47(8,9)45(58)60-46(5,6)7/h17-20,29,32,34,37,39-40H,14-16,21-28,30-31H2,1-13H3,(H,54,57). The molecule has 0 saturated heterocycles. The minimum atomic E-state index is -0.986. The van der Waals surface area contributed by atoms with Gasteiger partial charge in [0.25, 0.3) is 0 Å². The van der Waals surface area contributed by atoms with E-state index in [4.69, 9.17) is 21.1 Å². The van der Waals surface area contributed by atoms with Gasteiger partial charge in [-0.05, 0) is 169 Å². The highest BCUT2D eigenvalue weighted by Crippen LogP contribution is 2.66. The maximum absolute atomic E-state index is 14.3. The van der Waals surface area contributed by atoms with E-state index in [0.717, 1.165) is 81.8 Å². The second-order valence-corrected chi connectivity index (χ2v) is 23.6. The van der Waals surface area contributed by atoms with Gasteiger partial charge in [-0.1, -0.05) is 84.7 Å². The van der Waals surface area contributed by atoms with Crippen LogP contribution in [0.2, 0.25) is 5.02 Å². The second-order valence-electron chi connectivity index (χ2n) is 23.1. The summed E-state index contributed by atoms with van der Waals surface area (Å²) in [5.41, 5.74) is 1.52. The molecule has 8 heteroatoms. The van der Waals surface area contributed by atoms with Gasteiger partial charge in [0, 0.05) is 27.8 Å². The first-order valence-electron chi connectivity index (χ1n) is 23.2. The first-order valence-corrected chi connectivity index (χ1v) is 23.6. The van der Waals surface area contributed by atoms with Gasteiger partial charge in [0.15, 0.2) is 5.78 Å². The molecule has 1 amide bonds. The number of hydrogen-bond acceptors (Lipinski definition) is 6. The van der Waals surface area contributed by atoms with Crippen molar-refractivity contribution >= 4 is 35.2 Å². The van der Waals surface area contributed by atoms with Gasteiger partial charge in [-0.15, -0.1) is 0 Å². The average molecular weight is 847 g/mol. The van der Waals surface area contributed by atoms with Crippen molar-refractivity contribution in [2.45, 2.75) is 191 Å². The van der Waals surface area contributed by atoms with E-state index < -0.39 is 16.4 Å². The van der Waals surface area contributed by atoms with E-state index in [9.17, 15) is 19.2 Å². The van der Waals surface area contributed by atoms with Crippen LogP contribution < -0.4 is 5.32 Å². The number of amides is 1. The fraction of sp³-hybridized carbons (Fsp3) is 0.731. The zero-order chi connectivity index (χ0) is 44.4. The molecule has 0 heterocycles. The highest BCUT2D eigenvalue weighted by Gasteiger charge is 2.59. The number of ketones is 1. The molecule has 0 aromatic heterocycles. The lowest BCUT2D eigenvalue weighted by molar-refractivity contribution is -0.180. The zero-order valence-corrected chi connectivity index (χ0v) is 40.0. The van der Waals surface area contributed by atoms with E-state index in [0.29, 0.717) is 28.9 Å². The molecular weight excluding hydrogens is 770 g/mol. The lowest BCUT2D eigenvalue weighted by Gasteiger charge is -2.57. The van der Waals surface area contributed by atoms with E-state index in [2.05, 4.69) is 59.9 Å². The van der Waals surface area contributed by atoms with Crippen LogP contribution in [0.3, 0.4) is 0 Å². The van der Waals surface area contributed by atoms with Gasteiger partial charge in [-0.25, -0.2) is 0 Å². The van der Waals surface area contributed by atoms with Crippen LogP contribution in [0.4, 0.5) is 0 Å². The fourth-order valence-corrected chi connectivity index (χ4v) is 12.7. The Hall–Kier alpha value is -2.93. The highest BCUT2D eigenvalue weighted by molar-refractivity contribution is 6.30. The molecule has 5 aliphatic carbocycles. The molecule has 0 spiro atoms. The third-order valence-corrected chi connectivity index (χ3v) is 16.7. The number of rotatable bonds is 9. The average Bonchev–Trinajstić information content (AvgIpc) is 3.84. The minimum Gasteiger partial charge on any atom is -0.462 e. The van der Waals surface area contributed by atoms with Gasteiger partial charge in [-0.3, -0.25) is 19.2 Å². The van der Waals surface area contributed by atoms with Crippen LogP contribution in [0, 0.1) is 50.7 Å². The summed E-state index contributed by atoms with van der Waals surface area (Å²) in [6.45, 7) is 27.4. The zero-order valence-electron chi connectivity index (χ0n) is 39.3. The number of benzene rings is 1. The summed E-state index contributed by atoms with van der Waals surface area (Å²) >= 11 is 6.20. The van der Waals surface area contributed by atoms with Crippen LogP contribution in [-0.4, -0.2) is 35.3 Å². The molecule has 7 nitrogen and oxygen atoms in total. The molecule has 7 unspecified atom stereocenters. The van der Waals surface area contributed by atoms with Crippen molar-refractivity contribution in [3.63, 3.8) is 0 Å². The summed E-state index contributed by atoms with van der Waals surface area (Å²) < 4.78 is 12.0. The van der Waals surface area contributed by atoms with Crippen molar-refractivity contribution in [3.05, 3.63) is 57.6 Å². The Balaban J connectivity index is 1.24. The Bertz CT molecular complexity index is 1910. The maximum Gasteiger partial charge on any atom is 0.312 e. The summed E-state index contributed by atoms with van der Waals surface area (Å²) in [4.78, 5) is 54.9. The third-order valence-electron chi connectivity index (χ3n) is 16.4. The fourth-order valence-electron chi connectivity index (χ4n) is 12.6. The lowest BCUT2D eigenvalue weighted by Crippen LogP contribution is -2.52. The van der Waals surface area contributed by atoms with Gasteiger partial charge in [0.1, 0.15) is 11.7 Å². The van der Waals surface area contributed by atoms with Crippen LogP contribution in [-0.2, 0) is 34.2 Å². The summed E-state index contributed by atoms with van der Waals surface area (Å²) in [7, 11) is 0. The molecule has 0 aliphatic heterocycles. The van der Waals surface area contributed by atoms with E-state index in [1.807, 2.05) is 52.0 Å². The van der Waals surface area contributed by atoms with Gasteiger partial charge >= 0.3 is 11.9 Å². The van der Waals surface area contributed by atoms with Crippen LogP contribution in [0.5, 0.6) is 0 Å². The molecule has 1 N–H and O–H groups in total. The number of halogens is 1. The van der Waals surface area contributed by atoms with E-state index in [1.54, 1.807) is 13.8 Å². The largest absolute Gasteiger partial charge is 0.462 e. The molecule has 1 aromatic rings. The Morgan fingerprint density at radius 2 is 1.55 bits per heavy atom. The molecule has 6 rings (SSSR count). The number of carbonyl (C=O) groups is 4. The number of ether oxygens (including phenoxy) is 2. The van der Waals surface area contributed by atoms with Gasteiger partial charge < -0.3 is 14.8 Å². The molecule has 7 atom stereocenters. The summed E-state index contributed by atoms with van der Waals surface area (Å²) in [6, 6.07) is 7.81. The molecule has 60 heavy (non-hydrogen) atoms. The first kappa shape index (κ1) is 46.6. The van der Waals surface area contributed by atoms with Crippen LogP contribution in [0.25, 0.3) is 0 Å².